The maximum Gasteiger partial charge on any atom is 0.360 e. The maximum atomic E-state index is 13.1. The number of methoxy groups -OCH3 is 3. The molecule has 1 aliphatic heterocycles. The minimum Gasteiger partial charge on any atom is -0.468 e. The van der Waals surface area contributed by atoms with Crippen molar-refractivity contribution in [1.29, 1.82) is 0 Å². The average Bonchev–Trinajstić information content (AvgIpc) is 3.05. The van der Waals surface area contributed by atoms with Crippen molar-refractivity contribution in [2.24, 2.45) is 5.90 Å². The minimum atomic E-state index is -3.65. The van der Waals surface area contributed by atoms with Gasteiger partial charge in [0.05, 0.1) is 53.7 Å². The summed E-state index contributed by atoms with van der Waals surface area (Å²) in [6.45, 7) is 6.59. The highest BCUT2D eigenvalue weighted by atomic mass is 31.2. The number of hydrogen-bond acceptors (Lipinski definition) is 16. The van der Waals surface area contributed by atoms with Crippen molar-refractivity contribution in [3.8, 4) is 0 Å². The van der Waals surface area contributed by atoms with Gasteiger partial charge >= 0.3 is 25.5 Å². The SMILES string of the molecule is CCOP(=O)(CN(Cc1ccccc1)CC(O)CN1CCN(CC(=O)OC)CCN(CC(=O)OC)CCN(CC(=O)OC)CC1)ON. The quantitative estimate of drug-likeness (QED) is 0.0940. The molecule has 0 bridgehead atoms. The summed E-state index contributed by atoms with van der Waals surface area (Å²) in [6, 6.07) is 9.57. The largest absolute Gasteiger partial charge is 0.468 e. The lowest BCUT2D eigenvalue weighted by Gasteiger charge is -2.35. The van der Waals surface area contributed by atoms with Crippen molar-refractivity contribution < 1.29 is 47.4 Å². The molecule has 1 aromatic rings. The summed E-state index contributed by atoms with van der Waals surface area (Å²) in [6.07, 6.45) is -0.997. The van der Waals surface area contributed by atoms with Crippen LogP contribution in [0.5, 0.6) is 0 Å². The van der Waals surface area contributed by atoms with E-state index in [0.29, 0.717) is 58.9 Å². The summed E-state index contributed by atoms with van der Waals surface area (Å²) < 4.78 is 38.0. The second-order valence-electron chi connectivity index (χ2n) is 11.3. The Kier molecular flexibility index (Phi) is 19.2. The molecule has 0 radical (unpaired) electrons. The van der Waals surface area contributed by atoms with Crippen LogP contribution < -0.4 is 5.90 Å². The third-order valence-electron chi connectivity index (χ3n) is 7.72. The number of ether oxygens (including phenoxy) is 3. The predicted octanol–water partition coefficient (Wildman–Crippen LogP) is -0.332. The zero-order valence-corrected chi connectivity index (χ0v) is 29.1. The van der Waals surface area contributed by atoms with E-state index in [1.807, 2.05) is 45.0 Å². The average molecular weight is 689 g/mol. The van der Waals surface area contributed by atoms with E-state index in [-0.39, 0.29) is 63.5 Å². The molecule has 17 heteroatoms. The van der Waals surface area contributed by atoms with Gasteiger partial charge < -0.3 is 23.8 Å². The van der Waals surface area contributed by atoms with Gasteiger partial charge in [0.2, 0.25) is 0 Å². The first kappa shape index (κ1) is 40.7. The molecule has 16 nitrogen and oxygen atoms in total. The van der Waals surface area contributed by atoms with Crippen LogP contribution in [0.25, 0.3) is 0 Å². The number of carbonyl (C=O) groups is 3. The second kappa shape index (κ2) is 22.2. The third kappa shape index (κ3) is 16.4. The number of hydrogen-bond donors (Lipinski definition) is 2. The van der Waals surface area contributed by atoms with Crippen LogP contribution in [0, 0.1) is 0 Å². The fourth-order valence-electron chi connectivity index (χ4n) is 5.19. The molecule has 2 atom stereocenters. The molecular formula is C30H53N6O10P. The highest BCUT2D eigenvalue weighted by Crippen LogP contribution is 2.46. The van der Waals surface area contributed by atoms with Gasteiger partial charge in [0.25, 0.3) is 0 Å². The fourth-order valence-corrected chi connectivity index (χ4v) is 6.50. The molecule has 3 N–H and O–H groups in total. The smallest absolute Gasteiger partial charge is 0.360 e. The van der Waals surface area contributed by atoms with Gasteiger partial charge in [-0.1, -0.05) is 30.3 Å². The fraction of sp³-hybridized carbons (Fsp3) is 0.700. The first-order valence-electron chi connectivity index (χ1n) is 15.7. The van der Waals surface area contributed by atoms with Gasteiger partial charge in [-0.25, -0.2) is 10.5 Å². The van der Waals surface area contributed by atoms with Gasteiger partial charge in [0, 0.05) is 72.0 Å². The number of β-amino-alcohol motifs (C(OH)–C–C–N with tert-alkyl or cyclic N) is 1. The van der Waals surface area contributed by atoms with Crippen LogP contribution in [-0.2, 0) is 48.9 Å². The summed E-state index contributed by atoms with van der Waals surface area (Å²) in [5.41, 5.74) is 0.948. The lowest BCUT2D eigenvalue weighted by molar-refractivity contribution is -0.144. The van der Waals surface area contributed by atoms with E-state index in [1.54, 1.807) is 11.8 Å². The summed E-state index contributed by atoms with van der Waals surface area (Å²) in [5, 5.41) is 11.4. The van der Waals surface area contributed by atoms with Crippen LogP contribution in [0.2, 0.25) is 0 Å². The molecule has 1 saturated heterocycles. The van der Waals surface area contributed by atoms with E-state index in [2.05, 4.69) is 4.90 Å². The summed E-state index contributed by atoms with van der Waals surface area (Å²) in [7, 11) is 0.359. The number of aliphatic hydroxyl groups excluding tert-OH is 1. The molecule has 268 valence electrons. The molecule has 0 aromatic heterocycles. The Bertz CT molecular complexity index is 1090. The lowest BCUT2D eigenvalue weighted by atomic mass is 10.2. The molecule has 47 heavy (non-hydrogen) atoms. The highest BCUT2D eigenvalue weighted by molar-refractivity contribution is 7.53. The number of benzene rings is 1. The molecule has 2 rings (SSSR count). The van der Waals surface area contributed by atoms with Gasteiger partial charge in [-0.2, -0.15) is 0 Å². The van der Waals surface area contributed by atoms with Crippen LogP contribution in [0.15, 0.2) is 30.3 Å². The first-order valence-corrected chi connectivity index (χ1v) is 17.4. The van der Waals surface area contributed by atoms with E-state index < -0.39 is 13.7 Å². The molecule has 2 unspecified atom stereocenters. The van der Waals surface area contributed by atoms with Gasteiger partial charge in [-0.3, -0.25) is 43.4 Å². The molecule has 1 fully saturated rings. The van der Waals surface area contributed by atoms with Crippen LogP contribution >= 0.6 is 7.60 Å². The Morgan fingerprint density at radius 3 is 1.62 bits per heavy atom. The number of rotatable bonds is 17. The van der Waals surface area contributed by atoms with Gasteiger partial charge in [-0.15, -0.1) is 0 Å². The molecule has 1 aromatic carbocycles. The zero-order chi connectivity index (χ0) is 34.7. The molecule has 0 aliphatic carbocycles. The van der Waals surface area contributed by atoms with Crippen molar-refractivity contribution >= 4 is 25.5 Å². The zero-order valence-electron chi connectivity index (χ0n) is 28.2. The number of aliphatic hydroxyl groups is 1. The minimum absolute atomic E-state index is 0.0596. The second-order valence-corrected chi connectivity index (χ2v) is 13.3. The van der Waals surface area contributed by atoms with E-state index >= 15 is 0 Å². The van der Waals surface area contributed by atoms with Crippen LogP contribution in [0.3, 0.4) is 0 Å². The Morgan fingerprint density at radius 2 is 1.23 bits per heavy atom. The van der Waals surface area contributed by atoms with E-state index in [1.165, 1.54) is 21.3 Å². The van der Waals surface area contributed by atoms with Gasteiger partial charge in [0.15, 0.2) is 0 Å². The van der Waals surface area contributed by atoms with Crippen molar-refractivity contribution in [2.45, 2.75) is 19.6 Å². The molecule has 1 aliphatic rings. The Labute approximate surface area is 278 Å². The van der Waals surface area contributed by atoms with E-state index in [4.69, 9.17) is 29.3 Å². The third-order valence-corrected chi connectivity index (χ3v) is 9.44. The monoisotopic (exact) mass is 688 g/mol. The lowest BCUT2D eigenvalue weighted by Crippen LogP contribution is -2.50. The molecule has 0 amide bonds. The molecule has 0 saturated carbocycles. The molecule has 0 spiro atoms. The number of carbonyl (C=O) groups excluding carboxylic acids is 3. The van der Waals surface area contributed by atoms with E-state index in [9.17, 15) is 24.1 Å². The van der Waals surface area contributed by atoms with Crippen LogP contribution in [0.4, 0.5) is 0 Å². The maximum absolute atomic E-state index is 13.1. The summed E-state index contributed by atoms with van der Waals surface area (Å²) >= 11 is 0. The number of nitrogens with two attached hydrogens (primary N) is 1. The predicted molar refractivity (Wildman–Crippen MR) is 174 cm³/mol. The summed E-state index contributed by atoms with van der Waals surface area (Å²) in [5.74, 6) is 4.22. The van der Waals surface area contributed by atoms with Gasteiger partial charge in [-0.05, 0) is 12.5 Å². The van der Waals surface area contributed by atoms with Crippen LogP contribution in [-0.4, -0.2) is 173 Å². The van der Waals surface area contributed by atoms with Crippen molar-refractivity contribution in [2.75, 3.05) is 119 Å². The van der Waals surface area contributed by atoms with Crippen LogP contribution in [0.1, 0.15) is 12.5 Å². The molecular weight excluding hydrogens is 635 g/mol. The standard InChI is InChI=1S/C30H53N6O10P/c1-5-45-47(41,46-31)25-36(19-26-9-7-6-8-10-26)21-27(37)20-32-11-13-33(22-28(38)42-2)15-17-35(24-30(40)44-4)18-16-34(14-12-32)23-29(39)43-3/h6-10,27,37H,5,11-25,31H2,1-4H3. The van der Waals surface area contributed by atoms with E-state index in [0.717, 1.165) is 5.56 Å². The Morgan fingerprint density at radius 1 is 0.809 bits per heavy atom. The Hall–Kier alpha value is -2.50. The number of esters is 3. The highest BCUT2D eigenvalue weighted by Gasteiger charge is 2.29. The van der Waals surface area contributed by atoms with Crippen molar-refractivity contribution in [3.05, 3.63) is 35.9 Å². The normalized spacial score (nSPS) is 18.4. The summed E-state index contributed by atoms with van der Waals surface area (Å²) in [4.78, 5) is 46.3. The Balaban J connectivity index is 2.25. The van der Waals surface area contributed by atoms with Crippen molar-refractivity contribution in [1.82, 2.24) is 24.5 Å². The topological polar surface area (TPSA) is 177 Å². The molecule has 1 heterocycles. The number of nitrogens with zero attached hydrogens (tertiary/aromatic N) is 5. The van der Waals surface area contributed by atoms with Gasteiger partial charge in [0.1, 0.15) is 6.29 Å². The first-order chi connectivity index (χ1) is 22.5. The van der Waals surface area contributed by atoms with Crippen molar-refractivity contribution in [3.63, 3.8) is 0 Å².